The molecule has 2 aromatic rings. The van der Waals surface area contributed by atoms with E-state index in [1.165, 1.54) is 11.6 Å². The SMILES string of the molecule is CN=C(NCc1ccc(F)c(COC)c1)NCC1CC(=O)N(CCc2ccccc2)C1.I. The van der Waals surface area contributed by atoms with Crippen molar-refractivity contribution in [2.24, 2.45) is 10.9 Å². The van der Waals surface area contributed by atoms with Gasteiger partial charge in [-0.25, -0.2) is 4.39 Å². The summed E-state index contributed by atoms with van der Waals surface area (Å²) in [5, 5.41) is 6.55. The van der Waals surface area contributed by atoms with Crippen LogP contribution in [0.2, 0.25) is 0 Å². The normalized spacial score (nSPS) is 16.1. The van der Waals surface area contributed by atoms with E-state index in [0.29, 0.717) is 31.0 Å². The number of hydrogen-bond donors (Lipinski definition) is 2. The Balaban J connectivity index is 0.00000363. The van der Waals surface area contributed by atoms with Crippen LogP contribution in [0, 0.1) is 11.7 Å². The number of halogens is 2. The molecule has 32 heavy (non-hydrogen) atoms. The highest BCUT2D eigenvalue weighted by molar-refractivity contribution is 14.0. The first-order valence-corrected chi connectivity index (χ1v) is 10.6. The monoisotopic (exact) mass is 554 g/mol. The van der Waals surface area contributed by atoms with Crippen LogP contribution in [0.1, 0.15) is 23.1 Å². The van der Waals surface area contributed by atoms with E-state index in [9.17, 15) is 9.18 Å². The van der Waals surface area contributed by atoms with Gasteiger partial charge in [0.15, 0.2) is 5.96 Å². The summed E-state index contributed by atoms with van der Waals surface area (Å²) >= 11 is 0. The number of nitrogens with zero attached hydrogens (tertiary/aromatic N) is 2. The average Bonchev–Trinajstić information content (AvgIpc) is 3.14. The summed E-state index contributed by atoms with van der Waals surface area (Å²) in [5.74, 6) is 0.854. The van der Waals surface area contributed by atoms with Gasteiger partial charge in [0.05, 0.1) is 6.61 Å². The number of aliphatic imine (C=N–C) groups is 1. The summed E-state index contributed by atoms with van der Waals surface area (Å²) in [6, 6.07) is 15.2. The van der Waals surface area contributed by atoms with Crippen LogP contribution >= 0.6 is 24.0 Å². The van der Waals surface area contributed by atoms with Gasteiger partial charge in [-0.1, -0.05) is 36.4 Å². The molecule has 0 bridgehead atoms. The van der Waals surface area contributed by atoms with Crippen LogP contribution in [0.15, 0.2) is 53.5 Å². The van der Waals surface area contributed by atoms with E-state index in [4.69, 9.17) is 4.74 Å². The number of rotatable bonds is 9. The van der Waals surface area contributed by atoms with Crippen LogP contribution in [0.4, 0.5) is 4.39 Å². The average molecular weight is 554 g/mol. The highest BCUT2D eigenvalue weighted by atomic mass is 127. The number of carbonyl (C=O) groups is 1. The molecule has 1 amide bonds. The van der Waals surface area contributed by atoms with Gasteiger partial charge >= 0.3 is 0 Å². The molecule has 1 atom stereocenters. The van der Waals surface area contributed by atoms with Crippen molar-refractivity contribution in [2.45, 2.75) is 26.0 Å². The number of methoxy groups -OCH3 is 1. The number of nitrogens with one attached hydrogen (secondary N) is 2. The number of benzene rings is 2. The lowest BCUT2D eigenvalue weighted by atomic mass is 10.1. The molecular weight excluding hydrogens is 522 g/mol. The molecule has 8 heteroatoms. The maximum Gasteiger partial charge on any atom is 0.223 e. The third-order valence-corrected chi connectivity index (χ3v) is 5.46. The molecule has 174 valence electrons. The van der Waals surface area contributed by atoms with Crippen molar-refractivity contribution in [2.75, 3.05) is 33.8 Å². The predicted octanol–water partition coefficient (Wildman–Crippen LogP) is 3.35. The Hall–Kier alpha value is -2.20. The molecule has 0 aromatic heterocycles. The standard InChI is InChI=1S/C24H31FN4O2.HI/c1-26-24(27-14-19-8-9-22(25)21(12-19)17-31-2)28-15-20-13-23(30)29(16-20)11-10-18-6-4-3-5-7-18;/h3-9,12,20H,10-11,13-17H2,1-2H3,(H2,26,27,28);1H. The van der Waals surface area contributed by atoms with E-state index < -0.39 is 0 Å². The quantitative estimate of drug-likeness (QED) is 0.284. The lowest BCUT2D eigenvalue weighted by Crippen LogP contribution is -2.40. The largest absolute Gasteiger partial charge is 0.380 e. The molecule has 6 nitrogen and oxygen atoms in total. The summed E-state index contributed by atoms with van der Waals surface area (Å²) < 4.78 is 18.8. The molecular formula is C24H32FIN4O2. The number of likely N-dealkylation sites (tertiary alicyclic amines) is 1. The molecule has 0 saturated carbocycles. The fourth-order valence-corrected chi connectivity index (χ4v) is 3.77. The lowest BCUT2D eigenvalue weighted by Gasteiger charge is -2.18. The summed E-state index contributed by atoms with van der Waals surface area (Å²) in [4.78, 5) is 18.6. The Kier molecular flexibility index (Phi) is 10.9. The van der Waals surface area contributed by atoms with Crippen LogP contribution in [0.25, 0.3) is 0 Å². The first-order valence-electron chi connectivity index (χ1n) is 10.6. The molecule has 0 aliphatic carbocycles. The van der Waals surface area contributed by atoms with Crippen molar-refractivity contribution in [3.05, 3.63) is 71.0 Å². The van der Waals surface area contributed by atoms with Gasteiger partial charge in [-0.2, -0.15) is 0 Å². The van der Waals surface area contributed by atoms with E-state index in [1.54, 1.807) is 26.3 Å². The molecule has 0 radical (unpaired) electrons. The second-order valence-corrected chi connectivity index (χ2v) is 7.81. The minimum absolute atomic E-state index is 0. The molecule has 1 aliphatic heterocycles. The van der Waals surface area contributed by atoms with Gasteiger partial charge in [-0.05, 0) is 29.7 Å². The second-order valence-electron chi connectivity index (χ2n) is 7.81. The van der Waals surface area contributed by atoms with Crippen molar-refractivity contribution >= 4 is 35.8 Å². The Morgan fingerprint density at radius 1 is 1.19 bits per heavy atom. The summed E-state index contributed by atoms with van der Waals surface area (Å²) in [6.07, 6.45) is 1.43. The number of guanidine groups is 1. The van der Waals surface area contributed by atoms with Crippen LogP contribution in [0.5, 0.6) is 0 Å². The minimum Gasteiger partial charge on any atom is -0.380 e. The maximum absolute atomic E-state index is 13.8. The van der Waals surface area contributed by atoms with Crippen LogP contribution in [0.3, 0.4) is 0 Å². The Morgan fingerprint density at radius 2 is 1.97 bits per heavy atom. The van der Waals surface area contributed by atoms with Gasteiger partial charge in [0.25, 0.3) is 0 Å². The van der Waals surface area contributed by atoms with Crippen molar-refractivity contribution in [3.8, 4) is 0 Å². The van der Waals surface area contributed by atoms with Gasteiger partial charge in [0.2, 0.25) is 5.91 Å². The smallest absolute Gasteiger partial charge is 0.223 e. The number of hydrogen-bond acceptors (Lipinski definition) is 3. The Labute approximate surface area is 206 Å². The fraction of sp³-hybridized carbons (Fsp3) is 0.417. The predicted molar refractivity (Wildman–Crippen MR) is 136 cm³/mol. The van der Waals surface area contributed by atoms with Gasteiger partial charge in [0.1, 0.15) is 5.82 Å². The molecule has 0 spiro atoms. The third-order valence-electron chi connectivity index (χ3n) is 5.46. The third kappa shape index (κ3) is 7.74. The van der Waals surface area contributed by atoms with E-state index in [2.05, 4.69) is 27.8 Å². The number of amides is 1. The molecule has 1 unspecified atom stereocenters. The summed E-state index contributed by atoms with van der Waals surface area (Å²) in [5.41, 5.74) is 2.72. The molecule has 2 aromatic carbocycles. The van der Waals surface area contributed by atoms with Crippen LogP contribution in [-0.2, 0) is 29.1 Å². The lowest BCUT2D eigenvalue weighted by molar-refractivity contribution is -0.127. The molecule has 2 N–H and O–H groups in total. The number of carbonyl (C=O) groups excluding carboxylic acids is 1. The first-order chi connectivity index (χ1) is 15.1. The number of ether oxygens (including phenoxy) is 1. The zero-order chi connectivity index (χ0) is 22.1. The zero-order valence-electron chi connectivity index (χ0n) is 18.6. The molecule has 1 heterocycles. The highest BCUT2D eigenvalue weighted by Crippen LogP contribution is 2.17. The van der Waals surface area contributed by atoms with Crippen LogP contribution < -0.4 is 10.6 Å². The van der Waals surface area contributed by atoms with Gasteiger partial charge in [0, 0.05) is 58.2 Å². The molecule has 1 aliphatic rings. The van der Waals surface area contributed by atoms with Crippen molar-refractivity contribution in [1.82, 2.24) is 15.5 Å². The van der Waals surface area contributed by atoms with Gasteiger partial charge in [-0.3, -0.25) is 9.79 Å². The van der Waals surface area contributed by atoms with E-state index in [-0.39, 0.29) is 48.2 Å². The van der Waals surface area contributed by atoms with Gasteiger partial charge in [-0.15, -0.1) is 24.0 Å². The molecule has 1 fully saturated rings. The van der Waals surface area contributed by atoms with Crippen molar-refractivity contribution < 1.29 is 13.9 Å². The van der Waals surface area contributed by atoms with E-state index >= 15 is 0 Å². The summed E-state index contributed by atoms with van der Waals surface area (Å²) in [6.45, 7) is 2.94. The second kappa shape index (κ2) is 13.4. The zero-order valence-corrected chi connectivity index (χ0v) is 21.0. The molecule has 1 saturated heterocycles. The van der Waals surface area contributed by atoms with Crippen molar-refractivity contribution in [1.29, 1.82) is 0 Å². The highest BCUT2D eigenvalue weighted by Gasteiger charge is 2.29. The molecule has 3 rings (SSSR count). The minimum atomic E-state index is -0.268. The van der Waals surface area contributed by atoms with Crippen LogP contribution in [-0.4, -0.2) is 50.6 Å². The first kappa shape index (κ1) is 26.1. The fourth-order valence-electron chi connectivity index (χ4n) is 3.77. The Morgan fingerprint density at radius 3 is 2.69 bits per heavy atom. The summed E-state index contributed by atoms with van der Waals surface area (Å²) in [7, 11) is 3.26. The van der Waals surface area contributed by atoms with E-state index in [0.717, 1.165) is 25.1 Å². The van der Waals surface area contributed by atoms with E-state index in [1.807, 2.05) is 23.1 Å². The van der Waals surface area contributed by atoms with Gasteiger partial charge < -0.3 is 20.3 Å². The van der Waals surface area contributed by atoms with Crippen molar-refractivity contribution in [3.63, 3.8) is 0 Å². The maximum atomic E-state index is 13.8. The topological polar surface area (TPSA) is 66.0 Å². The Bertz CT molecular complexity index is 895.